The monoisotopic (exact) mass is 173 g/mol. The number of carboxylic acids is 2. The molecule has 0 amide bonds. The fraction of sp³-hybridized carbons (Fsp3) is 0.167. The van der Waals surface area contributed by atoms with Crippen LogP contribution in [0.2, 0.25) is 0 Å². The van der Waals surface area contributed by atoms with E-state index in [0.717, 1.165) is 6.92 Å². The molecule has 0 saturated carbocycles. The zero-order valence-electron chi connectivity index (χ0n) is 6.16. The first-order valence-corrected chi connectivity index (χ1v) is 2.83. The first-order chi connectivity index (χ1) is 5.37. The lowest BCUT2D eigenvalue weighted by molar-refractivity contribution is -0.134. The molecule has 0 aromatic carbocycles. The van der Waals surface area contributed by atoms with Gasteiger partial charge in [0, 0.05) is 0 Å². The number of aliphatic carboxylic acids is 2. The lowest BCUT2D eigenvalue weighted by Gasteiger charge is -2.00. The van der Waals surface area contributed by atoms with Crippen LogP contribution < -0.4 is 0 Å². The second kappa shape index (κ2) is 3.51. The van der Waals surface area contributed by atoms with Crippen molar-refractivity contribution in [2.75, 3.05) is 0 Å². The van der Waals surface area contributed by atoms with Gasteiger partial charge in [0.15, 0.2) is 5.71 Å². The number of hydrogen-bond donors (Lipinski definition) is 4. The summed E-state index contributed by atoms with van der Waals surface area (Å²) < 4.78 is 0. The van der Waals surface area contributed by atoms with Gasteiger partial charge in [-0.1, -0.05) is 0 Å². The lowest BCUT2D eigenvalue weighted by atomic mass is 10.1. The van der Waals surface area contributed by atoms with Crippen LogP contribution in [0.1, 0.15) is 6.92 Å². The molecule has 0 radical (unpaired) electrons. The molecule has 4 N–H and O–H groups in total. The van der Waals surface area contributed by atoms with Gasteiger partial charge in [0.2, 0.25) is 0 Å². The van der Waals surface area contributed by atoms with Crippen molar-refractivity contribution in [2.24, 2.45) is 0 Å². The summed E-state index contributed by atoms with van der Waals surface area (Å²) in [5.41, 5.74) is -2.04. The summed E-state index contributed by atoms with van der Waals surface area (Å²) in [5.74, 6) is -4.03. The average Bonchev–Trinajstić information content (AvgIpc) is 1.85. The van der Waals surface area contributed by atoms with Crippen molar-refractivity contribution in [3.05, 3.63) is 11.3 Å². The van der Waals surface area contributed by atoms with E-state index in [0.29, 0.717) is 0 Å². The van der Waals surface area contributed by atoms with Crippen LogP contribution in [0, 0.1) is 5.41 Å². The first kappa shape index (κ1) is 10.2. The quantitative estimate of drug-likeness (QED) is 0.272. The zero-order valence-corrected chi connectivity index (χ0v) is 6.16. The molecule has 12 heavy (non-hydrogen) atoms. The molecule has 6 heteroatoms. The lowest BCUT2D eigenvalue weighted by Crippen LogP contribution is -2.21. The fourth-order valence-electron chi connectivity index (χ4n) is 0.550. The Balaban J connectivity index is 5.06. The molecule has 0 rings (SSSR count). The van der Waals surface area contributed by atoms with Crippen LogP contribution in [0.25, 0.3) is 0 Å². The minimum Gasteiger partial charge on any atom is -0.512 e. The van der Waals surface area contributed by atoms with Gasteiger partial charge in [-0.15, -0.1) is 0 Å². The number of aliphatic hydroxyl groups is 1. The number of aliphatic hydroxyl groups excluding tert-OH is 1. The SMILES string of the molecule is CC(O)=C(C(=N)C(=O)O)C(=O)O. The van der Waals surface area contributed by atoms with Gasteiger partial charge < -0.3 is 15.3 Å². The van der Waals surface area contributed by atoms with E-state index in [1.165, 1.54) is 0 Å². The predicted molar refractivity (Wildman–Crippen MR) is 38.3 cm³/mol. The van der Waals surface area contributed by atoms with Gasteiger partial charge in [-0.25, -0.2) is 9.59 Å². The molecular weight excluding hydrogens is 166 g/mol. The van der Waals surface area contributed by atoms with Crippen LogP contribution in [0.3, 0.4) is 0 Å². The van der Waals surface area contributed by atoms with Crippen LogP contribution in [0.4, 0.5) is 0 Å². The Labute approximate surface area is 67.3 Å². The Hall–Kier alpha value is -1.85. The van der Waals surface area contributed by atoms with E-state index in [-0.39, 0.29) is 0 Å². The molecule has 0 saturated heterocycles. The van der Waals surface area contributed by atoms with Gasteiger partial charge in [0.1, 0.15) is 11.3 Å². The largest absolute Gasteiger partial charge is 0.512 e. The van der Waals surface area contributed by atoms with E-state index in [4.69, 9.17) is 20.7 Å². The molecule has 0 atom stereocenters. The molecule has 0 aliphatic rings. The third-order valence-electron chi connectivity index (χ3n) is 1.04. The Bertz CT molecular complexity index is 274. The molecule has 0 aliphatic carbocycles. The van der Waals surface area contributed by atoms with Crippen LogP contribution >= 0.6 is 0 Å². The highest BCUT2D eigenvalue weighted by molar-refractivity contribution is 6.47. The molecule has 0 fully saturated rings. The second-order valence-electron chi connectivity index (χ2n) is 1.95. The van der Waals surface area contributed by atoms with Crippen LogP contribution in [0.5, 0.6) is 0 Å². The summed E-state index contributed by atoms with van der Waals surface area (Å²) in [6, 6.07) is 0. The number of nitrogens with one attached hydrogen (secondary N) is 1. The van der Waals surface area contributed by atoms with E-state index < -0.39 is 29.0 Å². The van der Waals surface area contributed by atoms with E-state index in [1.807, 2.05) is 0 Å². The molecule has 0 unspecified atom stereocenters. The van der Waals surface area contributed by atoms with Gasteiger partial charge in [0.05, 0.1) is 0 Å². The number of allylic oxidation sites excluding steroid dienone is 1. The van der Waals surface area contributed by atoms with Crippen molar-refractivity contribution in [3.8, 4) is 0 Å². The van der Waals surface area contributed by atoms with Crippen molar-refractivity contribution in [3.63, 3.8) is 0 Å². The van der Waals surface area contributed by atoms with Gasteiger partial charge in [0.25, 0.3) is 0 Å². The maximum absolute atomic E-state index is 10.3. The van der Waals surface area contributed by atoms with Crippen molar-refractivity contribution in [2.45, 2.75) is 6.92 Å². The standard InChI is InChI=1S/C6H7NO5/c1-2(8)3(5(9)10)4(7)6(11)12/h7-8H,1H3,(H,9,10)(H,11,12). The third kappa shape index (κ3) is 2.08. The highest BCUT2D eigenvalue weighted by Gasteiger charge is 2.22. The maximum atomic E-state index is 10.3. The van der Waals surface area contributed by atoms with Gasteiger partial charge in [-0.05, 0) is 6.92 Å². The van der Waals surface area contributed by atoms with Crippen molar-refractivity contribution in [1.29, 1.82) is 5.41 Å². The molecule has 0 bridgehead atoms. The Morgan fingerprint density at radius 2 is 1.50 bits per heavy atom. The number of rotatable bonds is 3. The molecule has 0 aromatic heterocycles. The summed E-state index contributed by atoms with van der Waals surface area (Å²) in [6.45, 7) is 1.00. The van der Waals surface area contributed by atoms with Crippen LogP contribution in [-0.4, -0.2) is 33.0 Å². The summed E-state index contributed by atoms with van der Waals surface area (Å²) in [5, 5.41) is 32.0. The smallest absolute Gasteiger partial charge is 0.354 e. The maximum Gasteiger partial charge on any atom is 0.354 e. The average molecular weight is 173 g/mol. The highest BCUT2D eigenvalue weighted by Crippen LogP contribution is 2.03. The van der Waals surface area contributed by atoms with E-state index in [2.05, 4.69) is 0 Å². The number of carboxylic acid groups (broad SMARTS) is 2. The molecule has 0 aromatic rings. The van der Waals surface area contributed by atoms with Crippen molar-refractivity contribution >= 4 is 17.7 Å². The fourth-order valence-corrected chi connectivity index (χ4v) is 0.550. The number of carbonyl (C=O) groups is 2. The van der Waals surface area contributed by atoms with Gasteiger partial charge in [-0.2, -0.15) is 0 Å². The summed E-state index contributed by atoms with van der Waals surface area (Å²) in [7, 11) is 0. The highest BCUT2D eigenvalue weighted by atomic mass is 16.4. The minimum absolute atomic E-state index is 0.699. The molecule has 0 spiro atoms. The van der Waals surface area contributed by atoms with E-state index in [1.54, 1.807) is 0 Å². The second-order valence-corrected chi connectivity index (χ2v) is 1.95. The normalized spacial score (nSPS) is 11.8. The first-order valence-electron chi connectivity index (χ1n) is 2.83. The van der Waals surface area contributed by atoms with Crippen LogP contribution in [0.15, 0.2) is 11.3 Å². The molecular formula is C6H7NO5. The Morgan fingerprint density at radius 3 is 1.58 bits per heavy atom. The van der Waals surface area contributed by atoms with E-state index >= 15 is 0 Å². The zero-order chi connectivity index (χ0) is 9.89. The molecule has 66 valence electrons. The van der Waals surface area contributed by atoms with Gasteiger partial charge in [-0.3, -0.25) is 5.41 Å². The summed E-state index contributed by atoms with van der Waals surface area (Å²) >= 11 is 0. The number of hydrogen-bond acceptors (Lipinski definition) is 4. The van der Waals surface area contributed by atoms with Crippen LogP contribution in [-0.2, 0) is 9.59 Å². The topological polar surface area (TPSA) is 119 Å². The Morgan fingerprint density at radius 1 is 1.08 bits per heavy atom. The summed E-state index contributed by atoms with van der Waals surface area (Å²) in [4.78, 5) is 20.4. The third-order valence-corrected chi connectivity index (χ3v) is 1.04. The van der Waals surface area contributed by atoms with Crippen molar-refractivity contribution in [1.82, 2.24) is 0 Å². The Kier molecular flexibility index (Phi) is 2.97. The minimum atomic E-state index is -1.69. The molecule has 0 aliphatic heterocycles. The van der Waals surface area contributed by atoms with Crippen molar-refractivity contribution < 1.29 is 24.9 Å². The van der Waals surface area contributed by atoms with Gasteiger partial charge >= 0.3 is 11.9 Å². The predicted octanol–water partition coefficient (Wildman–Crippen LogP) is 0.00737. The van der Waals surface area contributed by atoms with E-state index in [9.17, 15) is 9.59 Å². The molecule has 6 nitrogen and oxygen atoms in total. The summed E-state index contributed by atoms with van der Waals surface area (Å²) in [6.07, 6.45) is 0. The molecule has 0 heterocycles.